The third-order valence-electron chi connectivity index (χ3n) is 2.33. The van der Waals surface area contributed by atoms with Gasteiger partial charge in [-0.25, -0.2) is 0 Å². The van der Waals surface area contributed by atoms with E-state index in [0.717, 1.165) is 0 Å². The summed E-state index contributed by atoms with van der Waals surface area (Å²) in [6.45, 7) is 4.02. The van der Waals surface area contributed by atoms with Gasteiger partial charge in [-0.05, 0) is 12.3 Å². The highest BCUT2D eigenvalue weighted by atomic mass is 16.5. The number of aliphatic hydroxyl groups is 1. The summed E-state index contributed by atoms with van der Waals surface area (Å²) in [5.41, 5.74) is 5.74. The van der Waals surface area contributed by atoms with Crippen molar-refractivity contribution in [1.29, 1.82) is 0 Å². The van der Waals surface area contributed by atoms with Crippen LogP contribution >= 0.6 is 0 Å². The number of aliphatic hydroxyl groups excluding tert-OH is 1. The van der Waals surface area contributed by atoms with Crippen LogP contribution in [0.4, 0.5) is 0 Å². The first-order valence-corrected chi connectivity index (χ1v) is 5.32. The van der Waals surface area contributed by atoms with E-state index in [1.165, 1.54) is 0 Å². The van der Waals surface area contributed by atoms with Gasteiger partial charge in [0, 0.05) is 13.7 Å². The minimum absolute atomic E-state index is 0.00321. The SMILES string of the molecule is COC(c1noc(C(N)CCO)n1)C(C)C. The number of methoxy groups -OCH3 is 1. The number of rotatable bonds is 6. The van der Waals surface area contributed by atoms with Crippen molar-refractivity contribution in [2.45, 2.75) is 32.4 Å². The Morgan fingerprint density at radius 3 is 2.69 bits per heavy atom. The molecule has 0 aliphatic carbocycles. The molecule has 0 saturated heterocycles. The first-order valence-electron chi connectivity index (χ1n) is 5.32. The Bertz CT molecular complexity index is 314. The maximum Gasteiger partial charge on any atom is 0.243 e. The largest absolute Gasteiger partial charge is 0.396 e. The van der Waals surface area contributed by atoms with Crippen LogP contribution < -0.4 is 5.73 Å². The molecule has 6 heteroatoms. The molecular formula is C10H19N3O3. The van der Waals surface area contributed by atoms with Crippen LogP contribution in [0, 0.1) is 5.92 Å². The Labute approximate surface area is 94.8 Å². The van der Waals surface area contributed by atoms with Crippen LogP contribution in [-0.4, -0.2) is 29.0 Å². The zero-order valence-corrected chi connectivity index (χ0v) is 9.88. The lowest BCUT2D eigenvalue weighted by Crippen LogP contribution is -2.14. The smallest absolute Gasteiger partial charge is 0.243 e. The Hall–Kier alpha value is -0.980. The summed E-state index contributed by atoms with van der Waals surface area (Å²) in [5, 5.41) is 12.6. The Morgan fingerprint density at radius 1 is 1.50 bits per heavy atom. The molecule has 0 spiro atoms. The predicted molar refractivity (Wildman–Crippen MR) is 57.5 cm³/mol. The van der Waals surface area contributed by atoms with Crippen LogP contribution in [0.3, 0.4) is 0 Å². The molecule has 2 unspecified atom stereocenters. The van der Waals surface area contributed by atoms with Gasteiger partial charge in [-0.3, -0.25) is 0 Å². The second-order valence-electron chi connectivity index (χ2n) is 4.01. The van der Waals surface area contributed by atoms with Crippen LogP contribution in [0.2, 0.25) is 0 Å². The van der Waals surface area contributed by atoms with Gasteiger partial charge in [-0.2, -0.15) is 4.98 Å². The van der Waals surface area contributed by atoms with Gasteiger partial charge in [-0.1, -0.05) is 19.0 Å². The number of nitrogens with zero attached hydrogens (tertiary/aromatic N) is 2. The molecule has 0 saturated carbocycles. The van der Waals surface area contributed by atoms with Crippen molar-refractivity contribution in [2.75, 3.05) is 13.7 Å². The highest BCUT2D eigenvalue weighted by molar-refractivity contribution is 4.96. The van der Waals surface area contributed by atoms with E-state index < -0.39 is 6.04 Å². The van der Waals surface area contributed by atoms with E-state index in [0.29, 0.717) is 18.1 Å². The molecule has 0 radical (unpaired) electrons. The van der Waals surface area contributed by atoms with E-state index in [1.54, 1.807) is 7.11 Å². The Balaban J connectivity index is 2.77. The third kappa shape index (κ3) is 3.01. The lowest BCUT2D eigenvalue weighted by Gasteiger charge is -2.14. The first-order chi connectivity index (χ1) is 7.60. The third-order valence-corrected chi connectivity index (χ3v) is 2.33. The highest BCUT2D eigenvalue weighted by Crippen LogP contribution is 2.23. The fourth-order valence-corrected chi connectivity index (χ4v) is 1.45. The minimum atomic E-state index is -0.420. The minimum Gasteiger partial charge on any atom is -0.396 e. The lowest BCUT2D eigenvalue weighted by molar-refractivity contribution is 0.0555. The molecular weight excluding hydrogens is 210 g/mol. The molecule has 1 aromatic rings. The lowest BCUT2D eigenvalue weighted by atomic mass is 10.1. The Kier molecular flexibility index (Phi) is 4.85. The van der Waals surface area contributed by atoms with Crippen LogP contribution in [0.25, 0.3) is 0 Å². The molecule has 0 amide bonds. The first kappa shape index (κ1) is 13.1. The quantitative estimate of drug-likeness (QED) is 0.749. The maximum absolute atomic E-state index is 8.75. The van der Waals surface area contributed by atoms with E-state index in [1.807, 2.05) is 13.8 Å². The summed E-state index contributed by atoms with van der Waals surface area (Å²) in [4.78, 5) is 4.18. The average molecular weight is 229 g/mol. The molecule has 3 N–H and O–H groups in total. The van der Waals surface area contributed by atoms with E-state index in [-0.39, 0.29) is 18.6 Å². The van der Waals surface area contributed by atoms with E-state index in [4.69, 9.17) is 20.1 Å². The monoisotopic (exact) mass is 229 g/mol. The molecule has 0 aliphatic rings. The molecule has 0 aliphatic heterocycles. The van der Waals surface area contributed by atoms with Crippen LogP contribution in [0.5, 0.6) is 0 Å². The molecule has 1 rings (SSSR count). The molecule has 1 aromatic heterocycles. The molecule has 92 valence electrons. The second-order valence-corrected chi connectivity index (χ2v) is 4.01. The summed E-state index contributed by atoms with van der Waals surface area (Å²) in [6.07, 6.45) is 0.208. The van der Waals surface area contributed by atoms with Gasteiger partial charge in [0.25, 0.3) is 0 Å². The molecule has 6 nitrogen and oxygen atoms in total. The van der Waals surface area contributed by atoms with Crippen molar-refractivity contribution in [3.8, 4) is 0 Å². The molecule has 0 bridgehead atoms. The van der Waals surface area contributed by atoms with Crippen molar-refractivity contribution in [1.82, 2.24) is 10.1 Å². The van der Waals surface area contributed by atoms with Crippen molar-refractivity contribution in [3.63, 3.8) is 0 Å². The van der Waals surface area contributed by atoms with Crippen molar-refractivity contribution < 1.29 is 14.4 Å². The van der Waals surface area contributed by atoms with Crippen molar-refractivity contribution in [2.24, 2.45) is 11.7 Å². The summed E-state index contributed by atoms with van der Waals surface area (Å²) < 4.78 is 10.3. The fourth-order valence-electron chi connectivity index (χ4n) is 1.45. The number of hydrogen-bond donors (Lipinski definition) is 2. The number of hydrogen-bond acceptors (Lipinski definition) is 6. The van der Waals surface area contributed by atoms with Gasteiger partial charge in [0.15, 0.2) is 0 Å². The fraction of sp³-hybridized carbons (Fsp3) is 0.800. The summed E-state index contributed by atoms with van der Waals surface area (Å²) in [6, 6.07) is -0.420. The maximum atomic E-state index is 8.75. The van der Waals surface area contributed by atoms with E-state index in [9.17, 15) is 0 Å². The summed E-state index contributed by atoms with van der Waals surface area (Å²) in [5.74, 6) is 1.09. The second kappa shape index (κ2) is 5.93. The van der Waals surface area contributed by atoms with Crippen LogP contribution in [0.15, 0.2) is 4.52 Å². The summed E-state index contributed by atoms with van der Waals surface area (Å²) >= 11 is 0. The number of aromatic nitrogens is 2. The predicted octanol–water partition coefficient (Wildman–Crippen LogP) is 0.795. The number of nitrogens with two attached hydrogens (primary N) is 1. The molecule has 16 heavy (non-hydrogen) atoms. The van der Waals surface area contributed by atoms with E-state index in [2.05, 4.69) is 10.1 Å². The van der Waals surface area contributed by atoms with Gasteiger partial charge in [-0.15, -0.1) is 0 Å². The topological polar surface area (TPSA) is 94.4 Å². The molecule has 1 heterocycles. The molecule has 0 aromatic carbocycles. The normalized spacial score (nSPS) is 15.4. The van der Waals surface area contributed by atoms with Gasteiger partial charge < -0.3 is 20.1 Å². The van der Waals surface area contributed by atoms with Crippen molar-refractivity contribution >= 4 is 0 Å². The van der Waals surface area contributed by atoms with Gasteiger partial charge in [0.1, 0.15) is 6.10 Å². The van der Waals surface area contributed by atoms with Crippen molar-refractivity contribution in [3.05, 3.63) is 11.7 Å². The molecule has 0 fully saturated rings. The van der Waals surface area contributed by atoms with Crippen LogP contribution in [0.1, 0.15) is 44.1 Å². The summed E-state index contributed by atoms with van der Waals surface area (Å²) in [7, 11) is 1.61. The zero-order chi connectivity index (χ0) is 12.1. The molecule has 2 atom stereocenters. The zero-order valence-electron chi connectivity index (χ0n) is 9.88. The average Bonchev–Trinajstić information content (AvgIpc) is 2.68. The van der Waals surface area contributed by atoms with E-state index >= 15 is 0 Å². The Morgan fingerprint density at radius 2 is 2.19 bits per heavy atom. The highest BCUT2D eigenvalue weighted by Gasteiger charge is 2.23. The standard InChI is InChI=1S/C10H19N3O3/c1-6(2)8(15-3)9-12-10(16-13-9)7(11)4-5-14/h6-8,14H,4-5,11H2,1-3H3. The van der Waals surface area contributed by atoms with Gasteiger partial charge in [0.2, 0.25) is 11.7 Å². The number of ether oxygens (including phenoxy) is 1. The van der Waals surface area contributed by atoms with Gasteiger partial charge in [0.05, 0.1) is 6.04 Å². The van der Waals surface area contributed by atoms with Crippen LogP contribution in [-0.2, 0) is 4.74 Å². The van der Waals surface area contributed by atoms with Gasteiger partial charge >= 0.3 is 0 Å².